The molecule has 108 valence electrons. The van der Waals surface area contributed by atoms with Crippen molar-refractivity contribution in [1.29, 1.82) is 0 Å². The third-order valence-corrected chi connectivity index (χ3v) is 3.33. The summed E-state index contributed by atoms with van der Waals surface area (Å²) >= 11 is 3.13. The number of nitro groups is 1. The summed E-state index contributed by atoms with van der Waals surface area (Å²) in [5.41, 5.74) is 5.59. The monoisotopic (exact) mass is 353 g/mol. The second kappa shape index (κ2) is 5.88. The second-order valence-electron chi connectivity index (χ2n) is 4.11. The molecule has 3 N–H and O–H groups in total. The predicted molar refractivity (Wildman–Crippen MR) is 79.6 cm³/mol. The number of anilines is 2. The summed E-state index contributed by atoms with van der Waals surface area (Å²) in [5.74, 6) is -1.24. The van der Waals surface area contributed by atoms with E-state index in [-0.39, 0.29) is 16.9 Å². The first-order chi connectivity index (χ1) is 9.88. The van der Waals surface area contributed by atoms with Crippen LogP contribution in [0, 0.1) is 15.9 Å². The van der Waals surface area contributed by atoms with Gasteiger partial charge in [-0.05, 0) is 40.2 Å². The van der Waals surface area contributed by atoms with E-state index in [0.29, 0.717) is 10.2 Å². The number of carbonyl (C=O) groups excluding carboxylic acids is 1. The summed E-state index contributed by atoms with van der Waals surface area (Å²) in [5, 5.41) is 13.1. The number of rotatable bonds is 3. The van der Waals surface area contributed by atoms with Gasteiger partial charge in [0.25, 0.3) is 11.6 Å². The fourth-order valence-corrected chi connectivity index (χ4v) is 2.05. The number of nitro benzene ring substituents is 1. The molecule has 0 aliphatic rings. The van der Waals surface area contributed by atoms with Crippen molar-refractivity contribution in [3.05, 3.63) is 62.4 Å². The van der Waals surface area contributed by atoms with Gasteiger partial charge in [-0.3, -0.25) is 14.9 Å². The summed E-state index contributed by atoms with van der Waals surface area (Å²) in [4.78, 5) is 22.0. The molecule has 2 rings (SSSR count). The van der Waals surface area contributed by atoms with Gasteiger partial charge in [0.15, 0.2) is 0 Å². The molecule has 21 heavy (non-hydrogen) atoms. The molecule has 0 fully saturated rings. The molecule has 0 radical (unpaired) electrons. The number of nitrogens with two attached hydrogens (primary N) is 1. The zero-order valence-electron chi connectivity index (χ0n) is 10.5. The van der Waals surface area contributed by atoms with E-state index in [9.17, 15) is 19.3 Å². The molecule has 0 bridgehead atoms. The van der Waals surface area contributed by atoms with Gasteiger partial charge < -0.3 is 11.1 Å². The van der Waals surface area contributed by atoms with Crippen molar-refractivity contribution in [3.8, 4) is 0 Å². The van der Waals surface area contributed by atoms with Crippen LogP contribution >= 0.6 is 15.9 Å². The van der Waals surface area contributed by atoms with Gasteiger partial charge in [-0.15, -0.1) is 0 Å². The lowest BCUT2D eigenvalue weighted by atomic mass is 10.2. The Bertz CT molecular complexity index is 737. The van der Waals surface area contributed by atoms with E-state index in [0.717, 1.165) is 6.07 Å². The summed E-state index contributed by atoms with van der Waals surface area (Å²) in [7, 11) is 0. The maximum atomic E-state index is 13.3. The summed E-state index contributed by atoms with van der Waals surface area (Å²) < 4.78 is 13.7. The van der Waals surface area contributed by atoms with Gasteiger partial charge in [-0.25, -0.2) is 4.39 Å². The quantitative estimate of drug-likeness (QED) is 0.502. The van der Waals surface area contributed by atoms with Crippen molar-refractivity contribution in [3.63, 3.8) is 0 Å². The van der Waals surface area contributed by atoms with Gasteiger partial charge in [0.2, 0.25) is 0 Å². The fraction of sp³-hybridized carbons (Fsp3) is 0. The molecule has 0 aliphatic carbocycles. The van der Waals surface area contributed by atoms with E-state index in [2.05, 4.69) is 21.2 Å². The molecule has 0 aromatic heterocycles. The number of hydrogen-bond donors (Lipinski definition) is 2. The number of amides is 1. The smallest absolute Gasteiger partial charge is 0.270 e. The van der Waals surface area contributed by atoms with Gasteiger partial charge in [0.05, 0.1) is 16.3 Å². The molecule has 8 heteroatoms. The van der Waals surface area contributed by atoms with Crippen molar-refractivity contribution in [1.82, 2.24) is 0 Å². The maximum Gasteiger partial charge on any atom is 0.270 e. The number of nitrogens with zero attached hydrogens (tertiary/aromatic N) is 1. The Kier molecular flexibility index (Phi) is 4.18. The maximum absolute atomic E-state index is 13.3. The summed E-state index contributed by atoms with van der Waals surface area (Å²) in [6, 6.07) is 7.59. The minimum atomic E-state index is -0.689. The van der Waals surface area contributed by atoms with E-state index in [4.69, 9.17) is 5.73 Å². The molecule has 0 saturated carbocycles. The molecule has 0 aliphatic heterocycles. The summed E-state index contributed by atoms with van der Waals surface area (Å²) in [6.45, 7) is 0. The summed E-state index contributed by atoms with van der Waals surface area (Å²) in [6.07, 6.45) is 0. The zero-order valence-corrected chi connectivity index (χ0v) is 12.1. The standard InChI is InChI=1S/C13H9BrFN3O3/c14-9-6-8(18(20)21)2-4-12(9)17-13(19)7-1-3-11(16)10(15)5-7/h1-6H,16H2,(H,17,19). The van der Waals surface area contributed by atoms with Crippen LogP contribution < -0.4 is 11.1 Å². The molecule has 2 aromatic carbocycles. The van der Waals surface area contributed by atoms with Gasteiger partial charge in [0.1, 0.15) is 5.82 Å². The predicted octanol–water partition coefficient (Wildman–Crippen LogP) is 3.33. The molecule has 0 spiro atoms. The van der Waals surface area contributed by atoms with E-state index in [1.54, 1.807) is 0 Å². The highest BCUT2D eigenvalue weighted by molar-refractivity contribution is 9.10. The van der Waals surface area contributed by atoms with Gasteiger partial charge >= 0.3 is 0 Å². The zero-order chi connectivity index (χ0) is 15.6. The second-order valence-corrected chi connectivity index (χ2v) is 4.97. The first kappa shape index (κ1) is 14.9. The number of halogens is 2. The average Bonchev–Trinajstić information content (AvgIpc) is 2.43. The van der Waals surface area contributed by atoms with Crippen LogP contribution in [-0.2, 0) is 0 Å². The van der Waals surface area contributed by atoms with E-state index >= 15 is 0 Å². The molecular weight excluding hydrogens is 345 g/mol. The van der Waals surface area contributed by atoms with E-state index < -0.39 is 16.6 Å². The molecular formula is C13H9BrFN3O3. The van der Waals surface area contributed by atoms with Crippen molar-refractivity contribution >= 4 is 38.9 Å². The number of carbonyl (C=O) groups is 1. The van der Waals surface area contributed by atoms with Crippen molar-refractivity contribution < 1.29 is 14.1 Å². The normalized spacial score (nSPS) is 10.2. The molecule has 0 unspecified atom stereocenters. The minimum absolute atomic E-state index is 0.0527. The molecule has 0 saturated heterocycles. The number of non-ortho nitro benzene ring substituents is 1. The lowest BCUT2D eigenvalue weighted by molar-refractivity contribution is -0.384. The lowest BCUT2D eigenvalue weighted by Gasteiger charge is -2.08. The van der Waals surface area contributed by atoms with Crippen LogP contribution in [0.15, 0.2) is 40.9 Å². The number of nitrogen functional groups attached to an aromatic ring is 1. The minimum Gasteiger partial charge on any atom is -0.396 e. The fourth-order valence-electron chi connectivity index (χ4n) is 1.58. The van der Waals surface area contributed by atoms with Crippen molar-refractivity contribution in [2.75, 3.05) is 11.1 Å². The topological polar surface area (TPSA) is 98.3 Å². The highest BCUT2D eigenvalue weighted by atomic mass is 79.9. The van der Waals surface area contributed by atoms with E-state index in [1.165, 1.54) is 30.3 Å². The average molecular weight is 354 g/mol. The van der Waals surface area contributed by atoms with Crippen LogP contribution in [-0.4, -0.2) is 10.8 Å². The molecule has 0 atom stereocenters. The Morgan fingerprint density at radius 3 is 2.57 bits per heavy atom. The van der Waals surface area contributed by atoms with Crippen molar-refractivity contribution in [2.45, 2.75) is 0 Å². The van der Waals surface area contributed by atoms with Gasteiger partial charge in [-0.1, -0.05) is 0 Å². The van der Waals surface area contributed by atoms with Gasteiger partial charge in [-0.2, -0.15) is 0 Å². The lowest BCUT2D eigenvalue weighted by Crippen LogP contribution is -2.13. The molecule has 1 amide bonds. The van der Waals surface area contributed by atoms with Gasteiger partial charge in [0, 0.05) is 22.2 Å². The first-order valence-electron chi connectivity index (χ1n) is 5.69. The van der Waals surface area contributed by atoms with Crippen LogP contribution in [0.2, 0.25) is 0 Å². The Morgan fingerprint density at radius 1 is 1.29 bits per heavy atom. The Hall–Kier alpha value is -2.48. The largest absolute Gasteiger partial charge is 0.396 e. The third-order valence-electron chi connectivity index (χ3n) is 2.67. The third kappa shape index (κ3) is 3.34. The van der Waals surface area contributed by atoms with E-state index in [1.807, 2.05) is 0 Å². The first-order valence-corrected chi connectivity index (χ1v) is 6.48. The van der Waals surface area contributed by atoms with Crippen LogP contribution in [0.3, 0.4) is 0 Å². The number of nitrogens with one attached hydrogen (secondary N) is 1. The molecule has 0 heterocycles. The molecule has 2 aromatic rings. The highest BCUT2D eigenvalue weighted by Crippen LogP contribution is 2.27. The number of benzene rings is 2. The Labute approximate surface area is 127 Å². The Balaban J connectivity index is 2.23. The van der Waals surface area contributed by atoms with Crippen molar-refractivity contribution in [2.24, 2.45) is 0 Å². The van der Waals surface area contributed by atoms with Crippen LogP contribution in [0.4, 0.5) is 21.5 Å². The van der Waals surface area contributed by atoms with Crippen LogP contribution in [0.25, 0.3) is 0 Å². The van der Waals surface area contributed by atoms with Crippen LogP contribution in [0.5, 0.6) is 0 Å². The van der Waals surface area contributed by atoms with Crippen LogP contribution in [0.1, 0.15) is 10.4 Å². The number of hydrogen-bond acceptors (Lipinski definition) is 4. The Morgan fingerprint density at radius 2 is 2.00 bits per heavy atom. The SMILES string of the molecule is Nc1ccc(C(=O)Nc2ccc([N+](=O)[O-])cc2Br)cc1F. The molecule has 6 nitrogen and oxygen atoms in total. The highest BCUT2D eigenvalue weighted by Gasteiger charge is 2.13.